The molecule has 96 valence electrons. The zero-order valence-corrected chi connectivity index (χ0v) is 9.88. The van der Waals surface area contributed by atoms with Crippen LogP contribution < -0.4 is 10.5 Å². The predicted octanol–water partition coefficient (Wildman–Crippen LogP) is -1.11. The highest BCUT2D eigenvalue weighted by molar-refractivity contribution is 7.92. The molecule has 0 saturated carbocycles. The van der Waals surface area contributed by atoms with E-state index in [1.54, 1.807) is 0 Å². The lowest BCUT2D eigenvalue weighted by molar-refractivity contribution is -0.118. The minimum Gasteiger partial charge on any atom is -0.368 e. The van der Waals surface area contributed by atoms with Gasteiger partial charge in [-0.3, -0.25) is 14.2 Å². The van der Waals surface area contributed by atoms with Crippen molar-refractivity contribution in [2.45, 2.75) is 11.6 Å². The summed E-state index contributed by atoms with van der Waals surface area (Å²) >= 11 is 0. The number of aromatic nitrogens is 4. The Bertz CT molecular complexity index is 644. The third-order valence-electron chi connectivity index (χ3n) is 1.97. The first kappa shape index (κ1) is 12.1. The molecule has 0 fully saturated rings. The van der Waals surface area contributed by atoms with E-state index in [9.17, 15) is 13.2 Å². The number of amides is 1. The molecule has 2 rings (SSSR count). The van der Waals surface area contributed by atoms with Gasteiger partial charge in [-0.05, 0) is 0 Å². The topological polar surface area (TPSA) is 136 Å². The second kappa shape index (κ2) is 4.49. The predicted molar refractivity (Wildman–Crippen MR) is 60.8 cm³/mol. The van der Waals surface area contributed by atoms with Crippen LogP contribution >= 0.6 is 0 Å². The summed E-state index contributed by atoms with van der Waals surface area (Å²) in [6.45, 7) is -0.119. The van der Waals surface area contributed by atoms with Gasteiger partial charge in [0.15, 0.2) is 5.03 Å². The first-order valence-corrected chi connectivity index (χ1v) is 6.27. The SMILES string of the molecule is NC(=O)Cn1cc(NS(=O)(=O)c2cnc[nH]2)cn1. The molecule has 0 aromatic carbocycles. The van der Waals surface area contributed by atoms with E-state index in [-0.39, 0.29) is 17.3 Å². The van der Waals surface area contributed by atoms with Gasteiger partial charge in [0.25, 0.3) is 10.0 Å². The van der Waals surface area contributed by atoms with Gasteiger partial charge in [0, 0.05) is 6.20 Å². The highest BCUT2D eigenvalue weighted by Crippen LogP contribution is 2.12. The second-order valence-electron chi connectivity index (χ2n) is 3.41. The number of imidazole rings is 1. The van der Waals surface area contributed by atoms with E-state index in [1.807, 2.05) is 0 Å². The van der Waals surface area contributed by atoms with Crippen LogP contribution in [0, 0.1) is 0 Å². The Morgan fingerprint density at radius 2 is 2.28 bits per heavy atom. The molecular weight excluding hydrogens is 260 g/mol. The number of aromatic amines is 1. The number of carbonyl (C=O) groups excluding carboxylic acids is 1. The molecule has 10 heteroatoms. The Morgan fingerprint density at radius 1 is 1.50 bits per heavy atom. The van der Waals surface area contributed by atoms with Gasteiger partial charge in [-0.15, -0.1) is 0 Å². The van der Waals surface area contributed by atoms with Crippen LogP contribution in [0.25, 0.3) is 0 Å². The molecule has 1 amide bonds. The Labute approximate surface area is 102 Å². The molecule has 0 radical (unpaired) electrons. The highest BCUT2D eigenvalue weighted by atomic mass is 32.2. The fourth-order valence-electron chi connectivity index (χ4n) is 1.26. The Hall–Kier alpha value is -2.36. The number of nitrogens with one attached hydrogen (secondary N) is 2. The third-order valence-corrected chi connectivity index (χ3v) is 3.27. The zero-order chi connectivity index (χ0) is 13.2. The summed E-state index contributed by atoms with van der Waals surface area (Å²) in [6.07, 6.45) is 5.07. The summed E-state index contributed by atoms with van der Waals surface area (Å²) in [4.78, 5) is 16.8. The van der Waals surface area contributed by atoms with Crippen molar-refractivity contribution in [3.63, 3.8) is 0 Å². The van der Waals surface area contributed by atoms with Crippen molar-refractivity contribution in [1.29, 1.82) is 0 Å². The number of nitrogens with two attached hydrogens (primary N) is 1. The standard InChI is InChI=1S/C8H10N6O3S/c9-7(15)4-14-3-6(1-12-14)13-18(16,17)8-2-10-5-11-8/h1-3,5,13H,4H2,(H2,9,15)(H,10,11). The largest absolute Gasteiger partial charge is 0.368 e. The lowest BCUT2D eigenvalue weighted by Crippen LogP contribution is -2.18. The average Bonchev–Trinajstić information content (AvgIpc) is 2.87. The van der Waals surface area contributed by atoms with E-state index in [1.165, 1.54) is 29.6 Å². The number of nitrogens with zero attached hydrogens (tertiary/aromatic N) is 3. The Balaban J connectivity index is 2.15. The molecular formula is C8H10N6O3S. The number of hydrogen-bond donors (Lipinski definition) is 3. The van der Waals surface area contributed by atoms with Gasteiger partial charge in [0.05, 0.1) is 24.4 Å². The van der Waals surface area contributed by atoms with E-state index in [2.05, 4.69) is 19.8 Å². The monoisotopic (exact) mass is 270 g/mol. The van der Waals surface area contributed by atoms with Crippen molar-refractivity contribution in [1.82, 2.24) is 19.7 Å². The van der Waals surface area contributed by atoms with Gasteiger partial charge in [-0.25, -0.2) is 4.98 Å². The van der Waals surface area contributed by atoms with Crippen LogP contribution in [0.5, 0.6) is 0 Å². The molecule has 0 spiro atoms. The molecule has 2 heterocycles. The van der Waals surface area contributed by atoms with Crippen molar-refractivity contribution in [2.24, 2.45) is 5.73 Å². The maximum Gasteiger partial charge on any atom is 0.279 e. The average molecular weight is 270 g/mol. The van der Waals surface area contributed by atoms with Crippen LogP contribution in [-0.2, 0) is 21.4 Å². The molecule has 2 aromatic heterocycles. The van der Waals surface area contributed by atoms with Crippen molar-refractivity contribution >= 4 is 21.6 Å². The summed E-state index contributed by atoms with van der Waals surface area (Å²) < 4.78 is 27.1. The van der Waals surface area contributed by atoms with E-state index in [0.29, 0.717) is 0 Å². The summed E-state index contributed by atoms with van der Waals surface area (Å²) in [5.41, 5.74) is 5.21. The van der Waals surface area contributed by atoms with Crippen molar-refractivity contribution < 1.29 is 13.2 Å². The Morgan fingerprint density at radius 3 is 2.89 bits per heavy atom. The first-order valence-electron chi connectivity index (χ1n) is 4.79. The van der Waals surface area contributed by atoms with Crippen LogP contribution in [0.4, 0.5) is 5.69 Å². The lowest BCUT2D eigenvalue weighted by Gasteiger charge is -2.02. The van der Waals surface area contributed by atoms with Crippen LogP contribution in [-0.4, -0.2) is 34.1 Å². The van der Waals surface area contributed by atoms with Crippen LogP contribution in [0.1, 0.15) is 0 Å². The molecule has 0 aliphatic rings. The maximum absolute atomic E-state index is 11.8. The number of H-pyrrole nitrogens is 1. The minimum absolute atomic E-state index is 0.0647. The summed E-state index contributed by atoms with van der Waals surface area (Å²) in [5, 5.41) is 3.72. The number of carbonyl (C=O) groups is 1. The molecule has 2 aromatic rings. The Kier molecular flexibility index (Phi) is 3.02. The number of hydrogen-bond acceptors (Lipinski definition) is 5. The molecule has 0 aliphatic carbocycles. The van der Waals surface area contributed by atoms with Crippen molar-refractivity contribution in [3.05, 3.63) is 24.9 Å². The van der Waals surface area contributed by atoms with Crippen molar-refractivity contribution in [3.8, 4) is 0 Å². The molecule has 0 saturated heterocycles. The number of rotatable bonds is 5. The smallest absolute Gasteiger partial charge is 0.279 e. The van der Waals surface area contributed by atoms with Crippen LogP contribution in [0.2, 0.25) is 0 Å². The van der Waals surface area contributed by atoms with Gasteiger partial charge in [-0.2, -0.15) is 13.5 Å². The van der Waals surface area contributed by atoms with E-state index in [0.717, 1.165) is 0 Å². The van der Waals surface area contributed by atoms with Gasteiger partial charge < -0.3 is 10.7 Å². The van der Waals surface area contributed by atoms with Gasteiger partial charge >= 0.3 is 0 Å². The molecule has 4 N–H and O–H groups in total. The molecule has 18 heavy (non-hydrogen) atoms. The molecule has 0 bridgehead atoms. The van der Waals surface area contributed by atoms with Crippen LogP contribution in [0.15, 0.2) is 29.9 Å². The molecule has 0 atom stereocenters. The molecule has 0 aliphatic heterocycles. The second-order valence-corrected chi connectivity index (χ2v) is 5.07. The number of sulfonamides is 1. The van der Waals surface area contributed by atoms with Gasteiger partial charge in [0.1, 0.15) is 6.54 Å². The van der Waals surface area contributed by atoms with E-state index >= 15 is 0 Å². The zero-order valence-electron chi connectivity index (χ0n) is 9.07. The summed E-state index contributed by atoms with van der Waals surface area (Å²) in [7, 11) is -3.72. The first-order chi connectivity index (χ1) is 8.47. The summed E-state index contributed by atoms with van der Waals surface area (Å²) in [6, 6.07) is 0. The fourth-order valence-corrected chi connectivity index (χ4v) is 2.20. The highest BCUT2D eigenvalue weighted by Gasteiger charge is 2.16. The fraction of sp³-hybridized carbons (Fsp3) is 0.125. The third kappa shape index (κ3) is 2.66. The van der Waals surface area contributed by atoms with Gasteiger partial charge in [-0.1, -0.05) is 0 Å². The van der Waals surface area contributed by atoms with E-state index in [4.69, 9.17) is 5.73 Å². The van der Waals surface area contributed by atoms with E-state index < -0.39 is 15.9 Å². The maximum atomic E-state index is 11.8. The number of primary amides is 1. The normalized spacial score (nSPS) is 11.3. The quantitative estimate of drug-likeness (QED) is 0.633. The minimum atomic E-state index is -3.72. The summed E-state index contributed by atoms with van der Waals surface area (Å²) in [5.74, 6) is -0.568. The van der Waals surface area contributed by atoms with Crippen LogP contribution in [0.3, 0.4) is 0 Å². The molecule has 9 nitrogen and oxygen atoms in total. The molecule has 0 unspecified atom stereocenters. The van der Waals surface area contributed by atoms with Crippen molar-refractivity contribution in [2.75, 3.05) is 4.72 Å². The number of anilines is 1. The van der Waals surface area contributed by atoms with Gasteiger partial charge in [0.2, 0.25) is 5.91 Å². The lowest BCUT2D eigenvalue weighted by atomic mass is 10.6.